The third-order valence-electron chi connectivity index (χ3n) is 3.13. The van der Waals surface area contributed by atoms with E-state index >= 15 is 0 Å². The van der Waals surface area contributed by atoms with Gasteiger partial charge in [0.2, 0.25) is 0 Å². The van der Waals surface area contributed by atoms with Crippen molar-refractivity contribution in [2.75, 3.05) is 0 Å². The number of hydrogen-bond donors (Lipinski definition) is 0. The number of Topliss-reactive ketones (excluding diaryl/α,β-unsaturated/α-hetero) is 1. The van der Waals surface area contributed by atoms with Gasteiger partial charge in [0.25, 0.3) is 0 Å². The molecule has 0 aromatic carbocycles. The molecular weight excluding hydrogens is 136 g/mol. The van der Waals surface area contributed by atoms with Gasteiger partial charge in [0.1, 0.15) is 5.78 Å². The van der Waals surface area contributed by atoms with Crippen molar-refractivity contribution in [3.8, 4) is 0 Å². The van der Waals surface area contributed by atoms with Crippen LogP contribution in [-0.2, 0) is 4.79 Å². The number of rotatable bonds is 0. The lowest BCUT2D eigenvalue weighted by molar-refractivity contribution is -0.125. The zero-order chi connectivity index (χ0) is 7.84. The molecule has 0 aromatic heterocycles. The average Bonchev–Trinajstić information content (AvgIpc) is 2.02. The molecule has 2 bridgehead atoms. The van der Waals surface area contributed by atoms with Crippen LogP contribution in [0.15, 0.2) is 11.6 Å². The van der Waals surface area contributed by atoms with Gasteiger partial charge < -0.3 is 0 Å². The van der Waals surface area contributed by atoms with Crippen molar-refractivity contribution in [2.24, 2.45) is 11.8 Å². The Hall–Kier alpha value is -0.590. The van der Waals surface area contributed by atoms with Crippen molar-refractivity contribution in [1.29, 1.82) is 0 Å². The second-order valence-electron chi connectivity index (χ2n) is 3.82. The third-order valence-corrected chi connectivity index (χ3v) is 3.13. The highest BCUT2D eigenvalue weighted by atomic mass is 16.1. The highest BCUT2D eigenvalue weighted by Crippen LogP contribution is 2.37. The van der Waals surface area contributed by atoms with Crippen LogP contribution in [0.25, 0.3) is 0 Å². The van der Waals surface area contributed by atoms with Crippen molar-refractivity contribution >= 4 is 5.78 Å². The van der Waals surface area contributed by atoms with Crippen LogP contribution in [0.2, 0.25) is 0 Å². The van der Waals surface area contributed by atoms with Crippen LogP contribution in [0.5, 0.6) is 0 Å². The molecule has 0 amide bonds. The van der Waals surface area contributed by atoms with Crippen molar-refractivity contribution in [3.63, 3.8) is 0 Å². The van der Waals surface area contributed by atoms with E-state index in [0.29, 0.717) is 11.7 Å². The van der Waals surface area contributed by atoms with Gasteiger partial charge in [-0.15, -0.1) is 0 Å². The quantitative estimate of drug-likeness (QED) is 0.484. The molecule has 0 spiro atoms. The Labute approximate surface area is 67.5 Å². The van der Waals surface area contributed by atoms with Gasteiger partial charge in [-0.1, -0.05) is 11.6 Å². The van der Waals surface area contributed by atoms with Gasteiger partial charge in [0, 0.05) is 12.3 Å². The molecule has 1 saturated carbocycles. The van der Waals surface area contributed by atoms with E-state index in [1.807, 2.05) is 0 Å². The fourth-order valence-electron chi connectivity index (χ4n) is 2.25. The molecule has 0 heterocycles. The number of hydrogen-bond acceptors (Lipinski definition) is 1. The number of allylic oxidation sites excluding steroid dienone is 2. The molecule has 0 aromatic rings. The summed E-state index contributed by atoms with van der Waals surface area (Å²) >= 11 is 0. The van der Waals surface area contributed by atoms with Gasteiger partial charge in [-0.2, -0.15) is 0 Å². The van der Waals surface area contributed by atoms with Crippen molar-refractivity contribution in [1.82, 2.24) is 0 Å². The molecule has 2 rings (SSSR count). The first kappa shape index (κ1) is 7.08. The Morgan fingerprint density at radius 1 is 1.45 bits per heavy atom. The maximum Gasteiger partial charge on any atom is 0.136 e. The largest absolute Gasteiger partial charge is 0.299 e. The van der Waals surface area contributed by atoms with Crippen LogP contribution in [0.1, 0.15) is 32.6 Å². The summed E-state index contributed by atoms with van der Waals surface area (Å²) in [5.74, 6) is 1.63. The van der Waals surface area contributed by atoms with Crippen LogP contribution in [0.4, 0.5) is 0 Å². The smallest absolute Gasteiger partial charge is 0.136 e. The lowest BCUT2D eigenvalue weighted by Gasteiger charge is -2.32. The van der Waals surface area contributed by atoms with Crippen LogP contribution in [0.3, 0.4) is 0 Å². The molecule has 60 valence electrons. The van der Waals surface area contributed by atoms with E-state index in [4.69, 9.17) is 0 Å². The summed E-state index contributed by atoms with van der Waals surface area (Å²) < 4.78 is 0. The second-order valence-corrected chi connectivity index (χ2v) is 3.82. The van der Waals surface area contributed by atoms with Crippen LogP contribution >= 0.6 is 0 Å². The summed E-state index contributed by atoms with van der Waals surface area (Å²) in [4.78, 5) is 11.3. The van der Waals surface area contributed by atoms with E-state index < -0.39 is 0 Å². The van der Waals surface area contributed by atoms with E-state index in [1.54, 1.807) is 0 Å². The van der Waals surface area contributed by atoms with E-state index in [9.17, 15) is 4.79 Å². The minimum atomic E-state index is 0.387. The van der Waals surface area contributed by atoms with Gasteiger partial charge >= 0.3 is 0 Å². The molecule has 0 aliphatic heterocycles. The fraction of sp³-hybridized carbons (Fsp3) is 0.700. The van der Waals surface area contributed by atoms with E-state index in [2.05, 4.69) is 13.0 Å². The van der Waals surface area contributed by atoms with Crippen molar-refractivity contribution < 1.29 is 4.79 Å². The van der Waals surface area contributed by atoms with Crippen molar-refractivity contribution in [2.45, 2.75) is 32.6 Å². The number of carbonyl (C=O) groups excluding carboxylic acids is 1. The lowest BCUT2D eigenvalue weighted by atomic mass is 9.72. The number of ketones is 1. The van der Waals surface area contributed by atoms with Gasteiger partial charge in [-0.05, 0) is 32.1 Å². The van der Waals surface area contributed by atoms with Crippen LogP contribution < -0.4 is 0 Å². The van der Waals surface area contributed by atoms with Crippen molar-refractivity contribution in [3.05, 3.63) is 11.6 Å². The average molecular weight is 150 g/mol. The summed E-state index contributed by atoms with van der Waals surface area (Å²) in [5, 5.41) is 0. The lowest BCUT2D eigenvalue weighted by Crippen LogP contribution is -2.28. The van der Waals surface area contributed by atoms with E-state index in [0.717, 1.165) is 31.6 Å². The Morgan fingerprint density at radius 2 is 2.27 bits per heavy atom. The molecule has 0 radical (unpaired) electrons. The SMILES string of the molecule is CC1=CC[C@H]2C[C@@H]1CCC2=O. The van der Waals surface area contributed by atoms with Crippen LogP contribution in [0, 0.1) is 11.8 Å². The molecule has 2 aliphatic carbocycles. The van der Waals surface area contributed by atoms with E-state index in [1.165, 1.54) is 5.57 Å². The Kier molecular flexibility index (Phi) is 1.59. The van der Waals surface area contributed by atoms with Crippen LogP contribution in [-0.4, -0.2) is 5.78 Å². The topological polar surface area (TPSA) is 17.1 Å². The molecule has 2 atom stereocenters. The highest BCUT2D eigenvalue weighted by Gasteiger charge is 2.31. The minimum Gasteiger partial charge on any atom is -0.299 e. The van der Waals surface area contributed by atoms with Gasteiger partial charge in [0.15, 0.2) is 0 Å². The monoisotopic (exact) mass is 150 g/mol. The Bertz CT molecular complexity index is 215. The number of carbonyl (C=O) groups is 1. The van der Waals surface area contributed by atoms with Gasteiger partial charge in [0.05, 0.1) is 0 Å². The normalized spacial score (nSPS) is 36.8. The molecular formula is C10H14O. The fourth-order valence-corrected chi connectivity index (χ4v) is 2.25. The third kappa shape index (κ3) is 1.13. The predicted octanol–water partition coefficient (Wildman–Crippen LogP) is 2.32. The standard InChI is InChI=1S/C10H14O/c1-7-2-3-9-6-8(7)4-5-10(9)11/h2,8-9H,3-6H2,1H3/t8-,9-/m0/s1. The maximum absolute atomic E-state index is 11.3. The van der Waals surface area contributed by atoms with Gasteiger partial charge in [-0.3, -0.25) is 4.79 Å². The van der Waals surface area contributed by atoms with E-state index in [-0.39, 0.29) is 0 Å². The summed E-state index contributed by atoms with van der Waals surface area (Å²) in [7, 11) is 0. The molecule has 0 unspecified atom stereocenters. The predicted molar refractivity (Wildman–Crippen MR) is 44.2 cm³/mol. The molecule has 2 aliphatic rings. The zero-order valence-corrected chi connectivity index (χ0v) is 6.97. The first-order valence-corrected chi connectivity index (χ1v) is 4.46. The maximum atomic E-state index is 11.3. The highest BCUT2D eigenvalue weighted by molar-refractivity contribution is 5.82. The molecule has 1 heteroatoms. The Morgan fingerprint density at radius 3 is 3.09 bits per heavy atom. The Balaban J connectivity index is 2.21. The molecule has 0 N–H and O–H groups in total. The zero-order valence-electron chi connectivity index (χ0n) is 6.97. The summed E-state index contributed by atoms with van der Waals surface area (Å²) in [6.07, 6.45) is 6.36. The summed E-state index contributed by atoms with van der Waals surface area (Å²) in [6.45, 7) is 2.21. The molecule has 0 saturated heterocycles. The molecule has 11 heavy (non-hydrogen) atoms. The summed E-state index contributed by atoms with van der Waals surface area (Å²) in [5.41, 5.74) is 1.52. The minimum absolute atomic E-state index is 0.387. The molecule has 1 nitrogen and oxygen atoms in total. The number of fused-ring (bicyclic) bond motifs is 2. The summed E-state index contributed by atoms with van der Waals surface area (Å²) in [6, 6.07) is 0. The first-order valence-electron chi connectivity index (χ1n) is 4.46. The van der Waals surface area contributed by atoms with Gasteiger partial charge in [-0.25, -0.2) is 0 Å². The first-order chi connectivity index (χ1) is 5.27. The second kappa shape index (κ2) is 2.47. The molecule has 1 fully saturated rings.